The van der Waals surface area contributed by atoms with Crippen molar-refractivity contribution >= 4 is 25.7 Å². The largest absolute Gasteiger partial charge is 0.474 e. The first-order valence-corrected chi connectivity index (χ1v) is 23.5. The van der Waals surface area contributed by atoms with E-state index in [-0.39, 0.29) is 17.9 Å². The van der Waals surface area contributed by atoms with Gasteiger partial charge in [-0.2, -0.15) is 0 Å². The monoisotopic (exact) mass is 813 g/mol. The molecular weight excluding hydrogens is 731 g/mol. The fraction of sp³-hybridized carbons (Fsp3) is 0.800. The van der Waals surface area contributed by atoms with Gasteiger partial charge in [-0.3, -0.25) is 13.6 Å². The van der Waals surface area contributed by atoms with Gasteiger partial charge in [0.25, 0.3) is 0 Å². The lowest BCUT2D eigenvalue weighted by Crippen LogP contribution is -2.06. The summed E-state index contributed by atoms with van der Waals surface area (Å²) < 4.78 is 46.3. The van der Waals surface area contributed by atoms with Crippen LogP contribution >= 0.6 is 7.82 Å². The molecule has 0 fully saturated rings. The van der Waals surface area contributed by atoms with Gasteiger partial charge in [0.05, 0.1) is 39.6 Å². The molecule has 0 aromatic heterocycles. The number of carbonyl (C=O) groups is 3. The van der Waals surface area contributed by atoms with E-state index < -0.39 is 7.82 Å². The summed E-state index contributed by atoms with van der Waals surface area (Å²) in [5, 5.41) is 0. The number of hydrogen-bond acceptors (Lipinski definition) is 10. The Morgan fingerprint density at radius 1 is 0.321 bits per heavy atom. The highest BCUT2D eigenvalue weighted by Gasteiger charge is 2.26. The van der Waals surface area contributed by atoms with Crippen molar-refractivity contribution in [2.75, 3.05) is 39.6 Å². The molecule has 0 aliphatic carbocycles. The minimum Gasteiger partial charge on any atom is -0.462 e. The molecule has 0 N–H and O–H groups in total. The van der Waals surface area contributed by atoms with E-state index in [1.165, 1.54) is 38.5 Å². The Kier molecular flexibility index (Phi) is 36.7. The number of ether oxygens (including phenoxy) is 3. The molecule has 56 heavy (non-hydrogen) atoms. The molecule has 0 atom stereocenters. The normalized spacial score (nSPS) is 11.3. The van der Waals surface area contributed by atoms with E-state index in [0.29, 0.717) is 56.4 Å². The zero-order valence-electron chi connectivity index (χ0n) is 36.0. The van der Waals surface area contributed by atoms with Gasteiger partial charge in [-0.25, -0.2) is 18.9 Å². The van der Waals surface area contributed by atoms with E-state index in [9.17, 15) is 18.9 Å². The third kappa shape index (κ3) is 36.1. The summed E-state index contributed by atoms with van der Waals surface area (Å²) in [7, 11) is -3.60. The number of rotatable bonds is 42. The highest BCUT2D eigenvalue weighted by Crippen LogP contribution is 2.50. The molecule has 0 saturated heterocycles. The third-order valence-electron chi connectivity index (χ3n) is 9.36. The van der Waals surface area contributed by atoms with Crippen LogP contribution in [0.5, 0.6) is 0 Å². The van der Waals surface area contributed by atoms with Gasteiger partial charge >= 0.3 is 25.7 Å². The predicted molar refractivity (Wildman–Crippen MR) is 227 cm³/mol. The summed E-state index contributed by atoms with van der Waals surface area (Å²) in [5.74, 6) is -0.928. The molecule has 0 aliphatic rings. The van der Waals surface area contributed by atoms with E-state index in [4.69, 9.17) is 27.8 Å². The van der Waals surface area contributed by atoms with Crippen molar-refractivity contribution < 1.29 is 46.7 Å². The second-order valence-electron chi connectivity index (χ2n) is 15.2. The quantitative estimate of drug-likeness (QED) is 0.0193. The lowest BCUT2D eigenvalue weighted by molar-refractivity contribution is -0.139. The summed E-state index contributed by atoms with van der Waals surface area (Å²) in [5.41, 5.74) is 1.33. The number of phosphoric ester groups is 1. The average Bonchev–Trinajstić information content (AvgIpc) is 3.16. The van der Waals surface area contributed by atoms with Crippen LogP contribution in [0, 0.1) is 0 Å². The summed E-state index contributed by atoms with van der Waals surface area (Å²) >= 11 is 0. The van der Waals surface area contributed by atoms with Crippen molar-refractivity contribution in [3.8, 4) is 0 Å². The number of hydrogen-bond donors (Lipinski definition) is 0. The van der Waals surface area contributed by atoms with Gasteiger partial charge in [0, 0.05) is 16.7 Å². The van der Waals surface area contributed by atoms with E-state index in [0.717, 1.165) is 135 Å². The zero-order chi connectivity index (χ0) is 41.5. The second kappa shape index (κ2) is 38.3. The minimum absolute atomic E-state index is 0.309. The van der Waals surface area contributed by atoms with Crippen molar-refractivity contribution in [1.82, 2.24) is 0 Å². The first-order valence-electron chi connectivity index (χ1n) is 22.0. The van der Waals surface area contributed by atoms with Gasteiger partial charge in [0.1, 0.15) is 0 Å². The number of phosphoric acid groups is 1. The van der Waals surface area contributed by atoms with Crippen LogP contribution in [-0.4, -0.2) is 57.5 Å². The Morgan fingerprint density at radius 3 is 0.661 bits per heavy atom. The highest BCUT2D eigenvalue weighted by atomic mass is 31.2. The van der Waals surface area contributed by atoms with Crippen LogP contribution in [0.15, 0.2) is 36.5 Å². The SMILES string of the molecule is C=C(C)C(=O)OCCCCCCCCCCCOP(=O)(OCCCCCCCCCCCOC(=O)C(=C)C)OCCCCCCCCCCCOC(=O)C(=C)C. The van der Waals surface area contributed by atoms with Crippen molar-refractivity contribution in [2.24, 2.45) is 0 Å². The first kappa shape index (κ1) is 53.7. The maximum absolute atomic E-state index is 13.5. The molecule has 0 aromatic rings. The molecule has 11 heteroatoms. The predicted octanol–water partition coefficient (Wildman–Crippen LogP) is 13.0. The van der Waals surface area contributed by atoms with E-state index in [1.54, 1.807) is 20.8 Å². The standard InChI is InChI=1S/C45H81O10P/c1-40(2)43(46)50-34-28-22-16-10-7-13-19-25-31-37-53-56(49,54-38-32-26-20-14-8-11-17-23-29-35-51-44(47)41(3)4)55-39-33-27-21-15-9-12-18-24-30-36-52-45(48)42(5)6/h1,3,5,7-39H2,2,4,6H3. The Balaban J connectivity index is 4.20. The molecule has 0 radical (unpaired) electrons. The molecule has 0 heterocycles. The molecular formula is C45H81O10P. The van der Waals surface area contributed by atoms with Crippen molar-refractivity contribution in [1.29, 1.82) is 0 Å². The average molecular weight is 813 g/mol. The summed E-state index contributed by atoms with van der Waals surface area (Å²) in [6.07, 6.45) is 28.7. The van der Waals surface area contributed by atoms with Crippen LogP contribution in [0.2, 0.25) is 0 Å². The van der Waals surface area contributed by atoms with Crippen LogP contribution in [0.3, 0.4) is 0 Å². The lowest BCUT2D eigenvalue weighted by atomic mass is 10.1. The van der Waals surface area contributed by atoms with E-state index in [2.05, 4.69) is 19.7 Å². The number of unbranched alkanes of at least 4 members (excludes halogenated alkanes) is 24. The molecule has 0 bridgehead atoms. The van der Waals surface area contributed by atoms with Crippen LogP contribution in [0.1, 0.15) is 194 Å². The molecule has 0 aromatic carbocycles. The van der Waals surface area contributed by atoms with Crippen molar-refractivity contribution in [3.05, 3.63) is 36.5 Å². The fourth-order valence-corrected chi connectivity index (χ4v) is 7.11. The van der Waals surface area contributed by atoms with Gasteiger partial charge in [0.15, 0.2) is 0 Å². The Hall–Kier alpha value is -2.26. The van der Waals surface area contributed by atoms with Crippen LogP contribution in [0.4, 0.5) is 0 Å². The van der Waals surface area contributed by atoms with Gasteiger partial charge in [-0.1, -0.05) is 155 Å². The number of carbonyl (C=O) groups excluding carboxylic acids is 3. The minimum atomic E-state index is -3.60. The molecule has 0 amide bonds. The van der Waals surface area contributed by atoms with Gasteiger partial charge in [-0.05, 0) is 59.3 Å². The van der Waals surface area contributed by atoms with Crippen LogP contribution in [-0.2, 0) is 46.7 Å². The lowest BCUT2D eigenvalue weighted by Gasteiger charge is -2.18. The van der Waals surface area contributed by atoms with Crippen LogP contribution < -0.4 is 0 Å². The molecule has 0 spiro atoms. The molecule has 0 aliphatic heterocycles. The number of esters is 3. The summed E-state index contributed by atoms with van der Waals surface area (Å²) in [6, 6.07) is 0. The molecule has 0 saturated carbocycles. The van der Waals surface area contributed by atoms with Crippen LogP contribution in [0.25, 0.3) is 0 Å². The maximum atomic E-state index is 13.5. The summed E-state index contributed by atoms with van der Waals surface area (Å²) in [4.78, 5) is 34.2. The molecule has 326 valence electrons. The molecule has 10 nitrogen and oxygen atoms in total. The topological polar surface area (TPSA) is 124 Å². The first-order chi connectivity index (χ1) is 27.0. The van der Waals surface area contributed by atoms with E-state index in [1.807, 2.05) is 0 Å². The Morgan fingerprint density at radius 2 is 0.482 bits per heavy atom. The molecule has 0 rings (SSSR count). The maximum Gasteiger partial charge on any atom is 0.474 e. The summed E-state index contributed by atoms with van der Waals surface area (Å²) in [6.45, 7) is 18.3. The van der Waals surface area contributed by atoms with E-state index >= 15 is 0 Å². The van der Waals surface area contributed by atoms with Gasteiger partial charge in [-0.15, -0.1) is 0 Å². The van der Waals surface area contributed by atoms with Crippen molar-refractivity contribution in [3.63, 3.8) is 0 Å². The highest BCUT2D eigenvalue weighted by molar-refractivity contribution is 7.48. The Bertz CT molecular complexity index is 971. The Labute approximate surface area is 341 Å². The van der Waals surface area contributed by atoms with Gasteiger partial charge < -0.3 is 14.2 Å². The van der Waals surface area contributed by atoms with Crippen molar-refractivity contribution in [2.45, 2.75) is 194 Å². The smallest absolute Gasteiger partial charge is 0.462 e. The fourth-order valence-electron chi connectivity index (χ4n) is 5.83. The van der Waals surface area contributed by atoms with Gasteiger partial charge in [0.2, 0.25) is 0 Å². The zero-order valence-corrected chi connectivity index (χ0v) is 36.9. The molecule has 0 unspecified atom stereocenters. The second-order valence-corrected chi connectivity index (χ2v) is 16.9. The third-order valence-corrected chi connectivity index (χ3v) is 10.9.